The minimum absolute atomic E-state index is 0.202. The highest BCUT2D eigenvalue weighted by atomic mass is 79.9. The molecule has 2 heterocycles. The number of carbonyl (C=O) groups is 1. The number of pyridine rings is 1. The van der Waals surface area contributed by atoms with Crippen LogP contribution in [0.4, 0.5) is 0 Å². The summed E-state index contributed by atoms with van der Waals surface area (Å²) in [6.07, 6.45) is 7.13. The van der Waals surface area contributed by atoms with Crippen molar-refractivity contribution in [1.29, 1.82) is 0 Å². The van der Waals surface area contributed by atoms with Crippen molar-refractivity contribution in [1.82, 2.24) is 14.8 Å². The van der Waals surface area contributed by atoms with Gasteiger partial charge in [-0.2, -0.15) is 5.10 Å². The molecule has 0 amide bonds. The molecule has 0 saturated heterocycles. The number of aromatic carboxylic acids is 1. The maximum Gasteiger partial charge on any atom is 0.335 e. The van der Waals surface area contributed by atoms with Crippen LogP contribution in [0.25, 0.3) is 29.1 Å². The fourth-order valence-corrected chi connectivity index (χ4v) is 3.17. The molecule has 6 heteroatoms. The standard InChI is InChI=1S/C23H16BrN3O2/c24-19-9-6-16(7-10-19)22-18(15-27(26-22)21-4-2-1-3-5-21)8-11-20-14-17(23(28)29)12-13-25-20/h1-15H,(H,28,29). The summed E-state index contributed by atoms with van der Waals surface area (Å²) in [5.74, 6) is -0.977. The molecule has 0 saturated carbocycles. The van der Waals surface area contributed by atoms with Gasteiger partial charge >= 0.3 is 5.97 Å². The molecule has 0 spiro atoms. The molecular weight excluding hydrogens is 430 g/mol. The smallest absolute Gasteiger partial charge is 0.335 e. The summed E-state index contributed by atoms with van der Waals surface area (Å²) in [5.41, 5.74) is 4.43. The van der Waals surface area contributed by atoms with Gasteiger partial charge in [0.05, 0.1) is 22.6 Å². The first-order valence-electron chi connectivity index (χ1n) is 8.88. The Morgan fingerprint density at radius 2 is 1.76 bits per heavy atom. The summed E-state index contributed by atoms with van der Waals surface area (Å²) in [4.78, 5) is 15.4. The Hall–Kier alpha value is -3.51. The predicted molar refractivity (Wildman–Crippen MR) is 117 cm³/mol. The van der Waals surface area contributed by atoms with Crippen LogP contribution in [0.3, 0.4) is 0 Å². The number of hydrogen-bond acceptors (Lipinski definition) is 3. The summed E-state index contributed by atoms with van der Waals surface area (Å²) >= 11 is 3.46. The molecule has 0 aliphatic heterocycles. The molecule has 2 aromatic heterocycles. The van der Waals surface area contributed by atoms with Crippen molar-refractivity contribution in [3.63, 3.8) is 0 Å². The number of halogens is 1. The van der Waals surface area contributed by atoms with Crippen molar-refractivity contribution in [3.8, 4) is 16.9 Å². The van der Waals surface area contributed by atoms with Gasteiger partial charge in [-0.15, -0.1) is 0 Å². The highest BCUT2D eigenvalue weighted by Crippen LogP contribution is 2.26. The number of rotatable bonds is 5. The van der Waals surface area contributed by atoms with E-state index in [1.165, 1.54) is 12.3 Å². The van der Waals surface area contributed by atoms with Crippen molar-refractivity contribution in [3.05, 3.63) is 100 Å². The van der Waals surface area contributed by atoms with Crippen LogP contribution in [0.15, 0.2) is 83.6 Å². The van der Waals surface area contributed by atoms with Crippen molar-refractivity contribution in [2.45, 2.75) is 0 Å². The lowest BCUT2D eigenvalue weighted by molar-refractivity contribution is 0.0696. The van der Waals surface area contributed by atoms with E-state index in [-0.39, 0.29) is 5.56 Å². The number of aromatic nitrogens is 3. The zero-order chi connectivity index (χ0) is 20.2. The summed E-state index contributed by atoms with van der Waals surface area (Å²) < 4.78 is 2.83. The Balaban J connectivity index is 1.76. The molecule has 4 rings (SSSR count). The lowest BCUT2D eigenvalue weighted by Gasteiger charge is -2.01. The Morgan fingerprint density at radius 3 is 2.48 bits per heavy atom. The zero-order valence-corrected chi connectivity index (χ0v) is 16.8. The third-order valence-corrected chi connectivity index (χ3v) is 4.87. The highest BCUT2D eigenvalue weighted by Gasteiger charge is 2.11. The zero-order valence-electron chi connectivity index (χ0n) is 15.2. The first kappa shape index (κ1) is 18.8. The van der Waals surface area contributed by atoms with Crippen LogP contribution in [0.5, 0.6) is 0 Å². The van der Waals surface area contributed by atoms with Crippen LogP contribution in [-0.4, -0.2) is 25.8 Å². The quantitative estimate of drug-likeness (QED) is 0.436. The van der Waals surface area contributed by atoms with Gasteiger partial charge in [0.25, 0.3) is 0 Å². The number of carboxylic acid groups (broad SMARTS) is 1. The molecule has 0 unspecified atom stereocenters. The number of benzene rings is 2. The minimum Gasteiger partial charge on any atom is -0.478 e. The van der Waals surface area contributed by atoms with Gasteiger partial charge in [-0.3, -0.25) is 4.98 Å². The second-order valence-electron chi connectivity index (χ2n) is 6.33. The van der Waals surface area contributed by atoms with Crippen LogP contribution in [-0.2, 0) is 0 Å². The van der Waals surface area contributed by atoms with Gasteiger partial charge in [-0.05, 0) is 48.6 Å². The van der Waals surface area contributed by atoms with Crippen LogP contribution in [0.1, 0.15) is 21.6 Å². The Kier molecular flexibility index (Phi) is 5.35. The van der Waals surface area contributed by atoms with E-state index in [1.807, 2.05) is 71.6 Å². The lowest BCUT2D eigenvalue weighted by Crippen LogP contribution is -1.96. The molecule has 142 valence electrons. The second kappa shape index (κ2) is 8.24. The van der Waals surface area contributed by atoms with Crippen LogP contribution < -0.4 is 0 Å². The molecule has 5 nitrogen and oxygen atoms in total. The number of carboxylic acids is 1. The average molecular weight is 446 g/mol. The van der Waals surface area contributed by atoms with E-state index >= 15 is 0 Å². The van der Waals surface area contributed by atoms with Crippen molar-refractivity contribution in [2.75, 3.05) is 0 Å². The molecule has 0 aliphatic rings. The lowest BCUT2D eigenvalue weighted by atomic mass is 10.1. The first-order valence-corrected chi connectivity index (χ1v) is 9.68. The van der Waals surface area contributed by atoms with E-state index < -0.39 is 5.97 Å². The number of hydrogen-bond donors (Lipinski definition) is 1. The molecule has 1 N–H and O–H groups in total. The normalized spacial score (nSPS) is 11.1. The van der Waals surface area contributed by atoms with E-state index in [0.29, 0.717) is 5.69 Å². The maximum atomic E-state index is 11.2. The van der Waals surface area contributed by atoms with Gasteiger partial charge in [0.2, 0.25) is 0 Å². The van der Waals surface area contributed by atoms with Crippen LogP contribution in [0.2, 0.25) is 0 Å². The first-order chi connectivity index (χ1) is 14.1. The molecule has 0 fully saturated rings. The SMILES string of the molecule is O=C(O)c1ccnc(C=Cc2cn(-c3ccccc3)nc2-c2ccc(Br)cc2)c1. The number of nitrogens with zero attached hydrogens (tertiary/aromatic N) is 3. The molecule has 0 radical (unpaired) electrons. The van der Waals surface area contributed by atoms with Crippen molar-refractivity contribution < 1.29 is 9.90 Å². The fraction of sp³-hybridized carbons (Fsp3) is 0. The highest BCUT2D eigenvalue weighted by molar-refractivity contribution is 9.10. The molecule has 0 aliphatic carbocycles. The molecule has 4 aromatic rings. The van der Waals surface area contributed by atoms with Gasteiger partial charge in [-0.25, -0.2) is 9.48 Å². The number of para-hydroxylation sites is 1. The van der Waals surface area contributed by atoms with E-state index in [2.05, 4.69) is 20.9 Å². The molecule has 2 aromatic carbocycles. The van der Waals surface area contributed by atoms with Crippen molar-refractivity contribution >= 4 is 34.1 Å². The van der Waals surface area contributed by atoms with Crippen LogP contribution >= 0.6 is 15.9 Å². The van der Waals surface area contributed by atoms with E-state index in [9.17, 15) is 9.90 Å². The summed E-state index contributed by atoms with van der Waals surface area (Å²) in [6, 6.07) is 20.8. The summed E-state index contributed by atoms with van der Waals surface area (Å²) in [5, 5.41) is 13.9. The maximum absolute atomic E-state index is 11.2. The largest absolute Gasteiger partial charge is 0.478 e. The monoisotopic (exact) mass is 445 g/mol. The van der Waals surface area contributed by atoms with Gasteiger partial charge in [0.15, 0.2) is 0 Å². The van der Waals surface area contributed by atoms with Crippen LogP contribution in [0, 0.1) is 0 Å². The third-order valence-electron chi connectivity index (χ3n) is 4.34. The van der Waals surface area contributed by atoms with Gasteiger partial charge in [0.1, 0.15) is 0 Å². The molecule has 0 bridgehead atoms. The average Bonchev–Trinajstić information content (AvgIpc) is 3.18. The Bertz CT molecular complexity index is 1180. The Labute approximate surface area is 176 Å². The summed E-state index contributed by atoms with van der Waals surface area (Å²) in [6.45, 7) is 0. The minimum atomic E-state index is -0.977. The van der Waals surface area contributed by atoms with Gasteiger partial charge in [-0.1, -0.05) is 46.3 Å². The summed E-state index contributed by atoms with van der Waals surface area (Å²) in [7, 11) is 0. The fourth-order valence-electron chi connectivity index (χ4n) is 2.90. The molecular formula is C23H16BrN3O2. The third kappa shape index (κ3) is 4.33. The van der Waals surface area contributed by atoms with Gasteiger partial charge in [0, 0.05) is 28.0 Å². The molecule has 0 atom stereocenters. The van der Waals surface area contributed by atoms with Crippen molar-refractivity contribution in [2.24, 2.45) is 0 Å². The predicted octanol–water partition coefficient (Wildman–Crippen LogP) is 5.57. The topological polar surface area (TPSA) is 68.0 Å². The second-order valence-corrected chi connectivity index (χ2v) is 7.24. The van der Waals surface area contributed by atoms with Gasteiger partial charge < -0.3 is 5.11 Å². The van der Waals surface area contributed by atoms with E-state index in [0.717, 1.165) is 27.0 Å². The van der Waals surface area contributed by atoms with E-state index in [1.54, 1.807) is 12.1 Å². The molecule has 29 heavy (non-hydrogen) atoms. The van der Waals surface area contributed by atoms with E-state index in [4.69, 9.17) is 5.10 Å². The Morgan fingerprint density at radius 1 is 1.00 bits per heavy atom.